The first kappa shape index (κ1) is 6.65. The first-order valence-electron chi connectivity index (χ1n) is 3.98. The van der Waals surface area contributed by atoms with Gasteiger partial charge in [-0.1, -0.05) is 0 Å². The summed E-state index contributed by atoms with van der Waals surface area (Å²) in [7, 11) is 0. The maximum Gasteiger partial charge on any atom is 0.161 e. The summed E-state index contributed by atoms with van der Waals surface area (Å²) >= 11 is 0. The summed E-state index contributed by atoms with van der Waals surface area (Å²) in [4.78, 5) is 11.1. The Hall–Kier alpha value is -1.05. The lowest BCUT2D eigenvalue weighted by Gasteiger charge is -1.95. The van der Waals surface area contributed by atoms with E-state index in [9.17, 15) is 4.79 Å². The van der Waals surface area contributed by atoms with Crippen molar-refractivity contribution in [2.24, 2.45) is 0 Å². The van der Waals surface area contributed by atoms with Crippen molar-refractivity contribution in [1.29, 1.82) is 0 Å². The first-order chi connectivity index (χ1) is 5.29. The zero-order chi connectivity index (χ0) is 7.84. The molecule has 0 spiro atoms. The molecule has 0 amide bonds. The Labute approximate surface area is 65.8 Å². The molecule has 1 aliphatic heterocycles. The molecule has 0 radical (unpaired) electrons. The molecule has 58 valence electrons. The molecule has 0 N–H and O–H groups in total. The second-order valence-corrected chi connectivity index (χ2v) is 3.03. The predicted octanol–water partition coefficient (Wildman–Crippen LogP) is 1.64. The van der Waals surface area contributed by atoms with Gasteiger partial charge in [0, 0.05) is 24.0 Å². The molecule has 2 heterocycles. The van der Waals surface area contributed by atoms with Gasteiger partial charge < -0.3 is 4.57 Å². The Balaban J connectivity index is 2.50. The largest absolute Gasteiger partial charge is 0.351 e. The van der Waals surface area contributed by atoms with E-state index in [2.05, 4.69) is 4.57 Å². The lowest BCUT2D eigenvalue weighted by molar-refractivity contribution is 0.101. The molecule has 0 unspecified atom stereocenters. The van der Waals surface area contributed by atoms with Crippen molar-refractivity contribution in [3.63, 3.8) is 0 Å². The van der Waals surface area contributed by atoms with E-state index in [4.69, 9.17) is 0 Å². The highest BCUT2D eigenvalue weighted by atomic mass is 16.1. The third-order valence-electron chi connectivity index (χ3n) is 2.27. The number of aromatic nitrogens is 1. The molecular weight excluding hydrogens is 138 g/mol. The molecule has 0 fully saturated rings. The van der Waals surface area contributed by atoms with Crippen LogP contribution in [-0.4, -0.2) is 10.4 Å². The van der Waals surface area contributed by atoms with E-state index in [-0.39, 0.29) is 5.78 Å². The SMILES string of the molecule is CC(=O)c1ccn2c1CCC2. The summed E-state index contributed by atoms with van der Waals surface area (Å²) in [5.41, 5.74) is 2.15. The van der Waals surface area contributed by atoms with Crippen molar-refractivity contribution in [3.05, 3.63) is 23.5 Å². The van der Waals surface area contributed by atoms with Crippen LogP contribution in [0.5, 0.6) is 0 Å². The molecule has 0 aromatic carbocycles. The number of nitrogens with zero attached hydrogens (tertiary/aromatic N) is 1. The van der Waals surface area contributed by atoms with Gasteiger partial charge in [-0.25, -0.2) is 0 Å². The van der Waals surface area contributed by atoms with Gasteiger partial charge in [0.15, 0.2) is 5.78 Å². The predicted molar refractivity (Wildman–Crippen MR) is 42.8 cm³/mol. The molecule has 0 saturated carbocycles. The molecule has 0 saturated heterocycles. The second-order valence-electron chi connectivity index (χ2n) is 3.03. The minimum Gasteiger partial charge on any atom is -0.351 e. The monoisotopic (exact) mass is 149 g/mol. The fraction of sp³-hybridized carbons (Fsp3) is 0.444. The van der Waals surface area contributed by atoms with Gasteiger partial charge in [-0.05, 0) is 25.8 Å². The zero-order valence-corrected chi connectivity index (χ0v) is 6.63. The summed E-state index contributed by atoms with van der Waals surface area (Å²) in [5, 5.41) is 0. The average molecular weight is 149 g/mol. The second kappa shape index (κ2) is 2.22. The van der Waals surface area contributed by atoms with E-state index in [1.165, 1.54) is 12.1 Å². The van der Waals surface area contributed by atoms with Crippen LogP contribution in [0.4, 0.5) is 0 Å². The normalized spacial score (nSPS) is 15.0. The van der Waals surface area contributed by atoms with Crippen LogP contribution in [0, 0.1) is 0 Å². The van der Waals surface area contributed by atoms with E-state index in [1.807, 2.05) is 12.3 Å². The third kappa shape index (κ3) is 0.897. The fourth-order valence-corrected chi connectivity index (χ4v) is 1.73. The van der Waals surface area contributed by atoms with Gasteiger partial charge in [-0.3, -0.25) is 4.79 Å². The number of carbonyl (C=O) groups is 1. The summed E-state index contributed by atoms with van der Waals surface area (Å²) < 4.78 is 2.18. The Morgan fingerprint density at radius 1 is 1.64 bits per heavy atom. The zero-order valence-electron chi connectivity index (χ0n) is 6.63. The molecule has 1 aromatic rings. The number of carbonyl (C=O) groups excluding carboxylic acids is 1. The van der Waals surface area contributed by atoms with Gasteiger partial charge in [0.05, 0.1) is 0 Å². The van der Waals surface area contributed by atoms with Crippen LogP contribution in [0.25, 0.3) is 0 Å². The van der Waals surface area contributed by atoms with Gasteiger partial charge in [-0.15, -0.1) is 0 Å². The molecule has 2 rings (SSSR count). The van der Waals surface area contributed by atoms with Crippen molar-refractivity contribution in [2.75, 3.05) is 0 Å². The number of aryl methyl sites for hydroxylation is 1. The van der Waals surface area contributed by atoms with Crippen LogP contribution in [0.2, 0.25) is 0 Å². The molecule has 0 bridgehead atoms. The van der Waals surface area contributed by atoms with Gasteiger partial charge in [0.2, 0.25) is 0 Å². The van der Waals surface area contributed by atoms with Gasteiger partial charge in [-0.2, -0.15) is 0 Å². The minimum atomic E-state index is 0.195. The number of Topliss-reactive ketones (excluding diaryl/α,β-unsaturated/α-hetero) is 1. The molecule has 1 aromatic heterocycles. The Morgan fingerprint density at radius 3 is 3.18 bits per heavy atom. The van der Waals surface area contributed by atoms with Crippen LogP contribution in [0.1, 0.15) is 29.4 Å². The smallest absolute Gasteiger partial charge is 0.161 e. The van der Waals surface area contributed by atoms with Gasteiger partial charge in [0.1, 0.15) is 0 Å². The molecule has 1 aliphatic rings. The highest BCUT2D eigenvalue weighted by Gasteiger charge is 2.16. The summed E-state index contributed by atoms with van der Waals surface area (Å²) in [5.74, 6) is 0.195. The fourth-order valence-electron chi connectivity index (χ4n) is 1.73. The summed E-state index contributed by atoms with van der Waals surface area (Å²) in [6.07, 6.45) is 4.28. The molecule has 2 heteroatoms. The highest BCUT2D eigenvalue weighted by Crippen LogP contribution is 2.20. The quantitative estimate of drug-likeness (QED) is 0.556. The molecule has 0 aliphatic carbocycles. The van der Waals surface area contributed by atoms with Crippen molar-refractivity contribution >= 4 is 5.78 Å². The van der Waals surface area contributed by atoms with E-state index < -0.39 is 0 Å². The average Bonchev–Trinajstić information content (AvgIpc) is 2.41. The van der Waals surface area contributed by atoms with Crippen molar-refractivity contribution in [2.45, 2.75) is 26.3 Å². The van der Waals surface area contributed by atoms with Crippen LogP contribution in [0.15, 0.2) is 12.3 Å². The van der Waals surface area contributed by atoms with Crippen LogP contribution < -0.4 is 0 Å². The first-order valence-corrected chi connectivity index (χ1v) is 3.98. The molecule has 0 atom stereocenters. The Kier molecular flexibility index (Phi) is 1.34. The lowest BCUT2D eigenvalue weighted by atomic mass is 10.1. The van der Waals surface area contributed by atoms with Crippen molar-refractivity contribution in [3.8, 4) is 0 Å². The number of hydrogen-bond donors (Lipinski definition) is 0. The summed E-state index contributed by atoms with van der Waals surface area (Å²) in [6, 6.07) is 1.93. The van der Waals surface area contributed by atoms with E-state index in [0.29, 0.717) is 0 Å². The topological polar surface area (TPSA) is 22.0 Å². The molecule has 11 heavy (non-hydrogen) atoms. The minimum absolute atomic E-state index is 0.195. The summed E-state index contributed by atoms with van der Waals surface area (Å²) in [6.45, 7) is 2.72. The highest BCUT2D eigenvalue weighted by molar-refractivity contribution is 5.95. The number of ketones is 1. The van der Waals surface area contributed by atoms with E-state index >= 15 is 0 Å². The Morgan fingerprint density at radius 2 is 2.45 bits per heavy atom. The molecular formula is C9H11NO. The van der Waals surface area contributed by atoms with E-state index in [1.54, 1.807) is 6.92 Å². The van der Waals surface area contributed by atoms with E-state index in [0.717, 1.165) is 18.5 Å². The van der Waals surface area contributed by atoms with Crippen LogP contribution >= 0.6 is 0 Å². The maximum atomic E-state index is 11.1. The number of hydrogen-bond acceptors (Lipinski definition) is 1. The standard InChI is InChI=1S/C9H11NO/c1-7(11)8-4-6-10-5-2-3-9(8)10/h4,6H,2-3,5H2,1H3. The number of rotatable bonds is 1. The molecule has 2 nitrogen and oxygen atoms in total. The van der Waals surface area contributed by atoms with Crippen LogP contribution in [0.3, 0.4) is 0 Å². The Bertz CT molecular complexity index is 299. The van der Waals surface area contributed by atoms with Gasteiger partial charge >= 0.3 is 0 Å². The van der Waals surface area contributed by atoms with Crippen molar-refractivity contribution < 1.29 is 4.79 Å². The number of fused-ring (bicyclic) bond motifs is 1. The third-order valence-corrected chi connectivity index (χ3v) is 2.27. The van der Waals surface area contributed by atoms with Gasteiger partial charge in [0.25, 0.3) is 0 Å². The van der Waals surface area contributed by atoms with Crippen LogP contribution in [-0.2, 0) is 13.0 Å². The maximum absolute atomic E-state index is 11.1. The van der Waals surface area contributed by atoms with Crippen molar-refractivity contribution in [1.82, 2.24) is 4.57 Å². The lowest BCUT2D eigenvalue weighted by Crippen LogP contribution is -1.96.